The zero-order valence-corrected chi connectivity index (χ0v) is 13.0. The Bertz CT molecular complexity index is 757. The monoisotopic (exact) mass is 281 g/mol. The van der Waals surface area contributed by atoms with E-state index in [-0.39, 0.29) is 0 Å². The number of aryl methyl sites for hydroxylation is 4. The van der Waals surface area contributed by atoms with Crippen molar-refractivity contribution in [3.05, 3.63) is 65.0 Å². The van der Waals surface area contributed by atoms with Crippen molar-refractivity contribution < 1.29 is 4.57 Å². The Kier molecular flexibility index (Phi) is 3.37. The van der Waals surface area contributed by atoms with Crippen LogP contribution in [-0.2, 0) is 6.54 Å². The first-order valence-corrected chi connectivity index (χ1v) is 7.19. The van der Waals surface area contributed by atoms with Gasteiger partial charge in [0.05, 0.1) is 0 Å². The van der Waals surface area contributed by atoms with Gasteiger partial charge in [-0.15, -0.1) is 0 Å². The standard InChI is InChI=1S/C17H21N4/c1-12-7-13(2)17(14(3)8-12)21-6-5-20(11-21)10-16-9-15(4)18-19-16/h5-9,11H,10H2,1-4H3,(H,18,19)/q+1. The van der Waals surface area contributed by atoms with Crippen molar-refractivity contribution >= 4 is 0 Å². The lowest BCUT2D eigenvalue weighted by Crippen LogP contribution is -2.31. The number of nitrogens with one attached hydrogen (secondary N) is 1. The molecule has 0 spiro atoms. The van der Waals surface area contributed by atoms with Gasteiger partial charge in [0.15, 0.2) is 0 Å². The average molecular weight is 281 g/mol. The van der Waals surface area contributed by atoms with E-state index in [0.29, 0.717) is 0 Å². The molecule has 0 atom stereocenters. The highest BCUT2D eigenvalue weighted by atomic mass is 15.2. The highest BCUT2D eigenvalue weighted by molar-refractivity contribution is 5.48. The van der Waals surface area contributed by atoms with Crippen LogP contribution in [0, 0.1) is 27.7 Å². The number of H-pyrrole nitrogens is 1. The molecule has 0 saturated heterocycles. The summed E-state index contributed by atoms with van der Waals surface area (Å²) in [6.07, 6.45) is 6.31. The van der Waals surface area contributed by atoms with E-state index in [1.54, 1.807) is 0 Å². The number of imidazole rings is 1. The average Bonchev–Trinajstić information content (AvgIpc) is 2.98. The molecule has 4 nitrogen and oxygen atoms in total. The lowest BCUT2D eigenvalue weighted by atomic mass is 10.1. The summed E-state index contributed by atoms with van der Waals surface area (Å²) < 4.78 is 4.33. The van der Waals surface area contributed by atoms with Crippen molar-refractivity contribution in [3.63, 3.8) is 0 Å². The molecule has 0 bridgehead atoms. The molecule has 0 radical (unpaired) electrons. The van der Waals surface area contributed by atoms with Gasteiger partial charge in [0, 0.05) is 5.69 Å². The third-order valence-electron chi connectivity index (χ3n) is 3.69. The van der Waals surface area contributed by atoms with Gasteiger partial charge in [-0.05, 0) is 44.9 Å². The summed E-state index contributed by atoms with van der Waals surface area (Å²) in [7, 11) is 0. The van der Waals surface area contributed by atoms with Crippen LogP contribution in [0.25, 0.3) is 5.69 Å². The fourth-order valence-corrected chi connectivity index (χ4v) is 2.94. The van der Waals surface area contributed by atoms with Gasteiger partial charge >= 0.3 is 0 Å². The maximum absolute atomic E-state index is 4.28. The van der Waals surface area contributed by atoms with Crippen LogP contribution < -0.4 is 4.57 Å². The van der Waals surface area contributed by atoms with Crippen molar-refractivity contribution in [2.24, 2.45) is 0 Å². The molecule has 0 saturated carbocycles. The number of rotatable bonds is 3. The van der Waals surface area contributed by atoms with Crippen molar-refractivity contribution in [2.45, 2.75) is 34.2 Å². The zero-order valence-electron chi connectivity index (χ0n) is 13.0. The molecule has 3 rings (SSSR count). The topological polar surface area (TPSA) is 37.5 Å². The molecule has 1 N–H and O–H groups in total. The lowest BCUT2D eigenvalue weighted by molar-refractivity contribution is -0.688. The molecule has 0 aliphatic carbocycles. The lowest BCUT2D eigenvalue weighted by Gasteiger charge is -2.06. The minimum absolute atomic E-state index is 0.779. The zero-order chi connectivity index (χ0) is 15.0. The van der Waals surface area contributed by atoms with Crippen LogP contribution >= 0.6 is 0 Å². The predicted octanol–water partition coefficient (Wildman–Crippen LogP) is 2.77. The maximum Gasteiger partial charge on any atom is 0.249 e. The summed E-state index contributed by atoms with van der Waals surface area (Å²) in [5, 5.41) is 7.27. The summed E-state index contributed by atoms with van der Waals surface area (Å²) >= 11 is 0. The van der Waals surface area contributed by atoms with Crippen molar-refractivity contribution in [1.29, 1.82) is 0 Å². The molecule has 2 heterocycles. The number of aromatic amines is 1. The van der Waals surface area contributed by atoms with Crippen LogP contribution in [0.15, 0.2) is 36.9 Å². The van der Waals surface area contributed by atoms with Crippen LogP contribution in [0.3, 0.4) is 0 Å². The van der Waals surface area contributed by atoms with Crippen molar-refractivity contribution in [3.8, 4) is 5.69 Å². The third kappa shape index (κ3) is 2.75. The molecular formula is C17H21N4+. The first-order chi connectivity index (χ1) is 10.0. The number of benzene rings is 1. The molecule has 0 aliphatic heterocycles. The minimum Gasteiger partial charge on any atom is -0.282 e. The fourth-order valence-electron chi connectivity index (χ4n) is 2.94. The number of nitrogens with zero attached hydrogens (tertiary/aromatic N) is 3. The molecule has 0 amide bonds. The summed E-state index contributed by atoms with van der Waals surface area (Å²) in [4.78, 5) is 0. The normalized spacial score (nSPS) is 11.0. The quantitative estimate of drug-likeness (QED) is 0.736. The third-order valence-corrected chi connectivity index (χ3v) is 3.69. The Balaban J connectivity index is 1.92. The Labute approximate surface area is 125 Å². The molecule has 2 aromatic heterocycles. The van der Waals surface area contributed by atoms with Gasteiger partial charge in [0.1, 0.15) is 30.3 Å². The maximum atomic E-state index is 4.28. The van der Waals surface area contributed by atoms with Crippen molar-refractivity contribution in [2.75, 3.05) is 0 Å². The van der Waals surface area contributed by atoms with Crippen LogP contribution in [0.2, 0.25) is 0 Å². The molecule has 21 heavy (non-hydrogen) atoms. The summed E-state index contributed by atoms with van der Waals surface area (Å²) in [5.41, 5.74) is 7.30. The Morgan fingerprint density at radius 1 is 1.10 bits per heavy atom. The number of hydrogen-bond acceptors (Lipinski definition) is 1. The molecular weight excluding hydrogens is 260 g/mol. The molecule has 3 aromatic rings. The van der Waals surface area contributed by atoms with Gasteiger partial charge in [-0.3, -0.25) is 5.10 Å². The van der Waals surface area contributed by atoms with E-state index in [4.69, 9.17) is 0 Å². The smallest absolute Gasteiger partial charge is 0.249 e. The number of aromatic nitrogens is 4. The molecule has 108 valence electrons. The first-order valence-electron chi connectivity index (χ1n) is 7.19. The molecule has 1 aromatic carbocycles. The van der Waals surface area contributed by atoms with E-state index in [1.807, 2.05) is 6.92 Å². The van der Waals surface area contributed by atoms with E-state index in [9.17, 15) is 0 Å². The van der Waals surface area contributed by atoms with Gasteiger partial charge in [-0.1, -0.05) is 17.7 Å². The van der Waals surface area contributed by atoms with E-state index in [2.05, 4.69) is 77.0 Å². The predicted molar refractivity (Wildman–Crippen MR) is 82.6 cm³/mol. The van der Waals surface area contributed by atoms with Gasteiger partial charge in [-0.25, -0.2) is 9.13 Å². The Morgan fingerprint density at radius 2 is 1.81 bits per heavy atom. The van der Waals surface area contributed by atoms with Gasteiger partial charge in [0.2, 0.25) is 6.33 Å². The second kappa shape index (κ2) is 5.20. The molecule has 0 fully saturated rings. The van der Waals surface area contributed by atoms with E-state index in [0.717, 1.165) is 17.9 Å². The molecule has 0 unspecified atom stereocenters. The highest BCUT2D eigenvalue weighted by Gasteiger charge is 2.13. The highest BCUT2D eigenvalue weighted by Crippen LogP contribution is 2.20. The van der Waals surface area contributed by atoms with Crippen LogP contribution in [0.1, 0.15) is 28.1 Å². The summed E-state index contributed by atoms with van der Waals surface area (Å²) in [6, 6.07) is 6.53. The van der Waals surface area contributed by atoms with Crippen molar-refractivity contribution in [1.82, 2.24) is 14.8 Å². The minimum atomic E-state index is 0.779. The van der Waals surface area contributed by atoms with Gasteiger partial charge in [0.25, 0.3) is 0 Å². The Hall–Kier alpha value is -2.36. The van der Waals surface area contributed by atoms with Gasteiger partial charge in [-0.2, -0.15) is 5.10 Å². The number of hydrogen-bond donors (Lipinski definition) is 1. The van der Waals surface area contributed by atoms with Crippen LogP contribution in [0.4, 0.5) is 0 Å². The molecule has 4 heteroatoms. The second-order valence-corrected chi connectivity index (χ2v) is 5.78. The Morgan fingerprint density at radius 3 is 2.43 bits per heavy atom. The largest absolute Gasteiger partial charge is 0.282 e. The second-order valence-electron chi connectivity index (χ2n) is 5.78. The molecule has 0 aliphatic rings. The fraction of sp³-hybridized carbons (Fsp3) is 0.294. The van der Waals surface area contributed by atoms with E-state index >= 15 is 0 Å². The van der Waals surface area contributed by atoms with E-state index < -0.39 is 0 Å². The van der Waals surface area contributed by atoms with Crippen LogP contribution in [-0.4, -0.2) is 14.8 Å². The SMILES string of the molecule is Cc1cc(C)c(-n2cc[n+](Cc3cc(C)[nH]n3)c2)c(C)c1. The van der Waals surface area contributed by atoms with Crippen LogP contribution in [0.5, 0.6) is 0 Å². The van der Waals surface area contributed by atoms with E-state index in [1.165, 1.54) is 22.4 Å². The summed E-state index contributed by atoms with van der Waals surface area (Å²) in [5.74, 6) is 0. The van der Waals surface area contributed by atoms with Gasteiger partial charge < -0.3 is 0 Å². The summed E-state index contributed by atoms with van der Waals surface area (Å²) in [6.45, 7) is 9.26. The first kappa shape index (κ1) is 13.6.